The van der Waals surface area contributed by atoms with Crippen LogP contribution in [0.3, 0.4) is 0 Å². The van der Waals surface area contributed by atoms with Gasteiger partial charge in [-0.05, 0) is 91.2 Å². The summed E-state index contributed by atoms with van der Waals surface area (Å²) in [4.78, 5) is 4.91. The van der Waals surface area contributed by atoms with E-state index >= 15 is 0 Å². The monoisotopic (exact) mass is 557 g/mol. The van der Waals surface area contributed by atoms with Crippen LogP contribution in [0.2, 0.25) is 0 Å². The number of aliphatic hydroxyl groups is 3. The van der Waals surface area contributed by atoms with Crippen LogP contribution in [0.15, 0.2) is 82.9 Å². The zero-order chi connectivity index (χ0) is 28.8. The molecule has 41 heavy (non-hydrogen) atoms. The zero-order valence-corrected chi connectivity index (χ0v) is 24.7. The third kappa shape index (κ3) is 5.42. The van der Waals surface area contributed by atoms with Gasteiger partial charge in [-0.2, -0.15) is 0 Å². The second-order valence-corrected chi connectivity index (χ2v) is 13.7. The van der Waals surface area contributed by atoms with Crippen molar-refractivity contribution in [1.82, 2.24) is 0 Å². The van der Waals surface area contributed by atoms with Crippen LogP contribution in [0, 0.1) is 28.6 Å². The minimum Gasteiger partial charge on any atom is -0.478 e. The Bertz CT molecular complexity index is 1260. The fourth-order valence-electron chi connectivity index (χ4n) is 8.47. The molecule has 6 rings (SSSR count). The predicted molar refractivity (Wildman–Crippen MR) is 163 cm³/mol. The fourth-order valence-corrected chi connectivity index (χ4v) is 8.47. The lowest BCUT2D eigenvalue weighted by Crippen LogP contribution is -2.35. The maximum absolute atomic E-state index is 11.3. The molecule has 5 aliphatic rings. The molecule has 0 bridgehead atoms. The molecule has 1 aromatic rings. The van der Waals surface area contributed by atoms with E-state index in [-0.39, 0.29) is 16.9 Å². The van der Waals surface area contributed by atoms with Crippen molar-refractivity contribution in [2.45, 2.75) is 96.0 Å². The molecule has 0 amide bonds. The number of ether oxygens (including phenoxy) is 1. The van der Waals surface area contributed by atoms with Gasteiger partial charge in [0.05, 0.1) is 23.7 Å². The van der Waals surface area contributed by atoms with Gasteiger partial charge in [0.15, 0.2) is 5.90 Å². The standard InChI is InChI=1S/C36H47NO4/c1-23(11-16-33(40)36(18-19-36)34-37-31(22-41-34)26-8-5-4-6-9-26)29-14-15-30-25(10-7-17-35(29,30)3)12-13-27-20-28(38)21-32(39)24(27)2/h4-6,8-9,11-13,16,23,28-33,38-40H,2,7,10,14-15,17-22H2,1,3H3/t23-,28-,29-,30+,31+,32+,33-,35-/m1/s1. The second kappa shape index (κ2) is 11.3. The van der Waals surface area contributed by atoms with Crippen LogP contribution in [0.25, 0.3) is 0 Å². The fraction of sp³-hybridized carbons (Fsp3) is 0.583. The Hall–Kier alpha value is -2.47. The average Bonchev–Trinajstić information content (AvgIpc) is 3.47. The predicted octanol–water partition coefficient (Wildman–Crippen LogP) is 6.63. The Morgan fingerprint density at radius 1 is 1.07 bits per heavy atom. The third-order valence-electron chi connectivity index (χ3n) is 11.1. The van der Waals surface area contributed by atoms with Crippen LogP contribution >= 0.6 is 0 Å². The van der Waals surface area contributed by atoms with E-state index in [4.69, 9.17) is 9.73 Å². The Morgan fingerprint density at radius 2 is 1.85 bits per heavy atom. The van der Waals surface area contributed by atoms with Gasteiger partial charge in [-0.15, -0.1) is 0 Å². The van der Waals surface area contributed by atoms with Gasteiger partial charge in [-0.3, -0.25) is 0 Å². The number of rotatable bonds is 7. The number of allylic oxidation sites excluding steroid dienone is 4. The minimum atomic E-state index is -0.647. The topological polar surface area (TPSA) is 82.3 Å². The number of hydrogen-bond acceptors (Lipinski definition) is 5. The Morgan fingerprint density at radius 3 is 2.61 bits per heavy atom. The first kappa shape index (κ1) is 28.6. The van der Waals surface area contributed by atoms with Crippen LogP contribution < -0.4 is 0 Å². The highest BCUT2D eigenvalue weighted by atomic mass is 16.5. The molecule has 3 N–H and O–H groups in total. The van der Waals surface area contributed by atoms with E-state index in [1.807, 2.05) is 24.3 Å². The molecule has 0 aromatic heterocycles. The smallest absolute Gasteiger partial charge is 0.193 e. The Labute approximate surface area is 245 Å². The normalized spacial score (nSPS) is 38.1. The molecule has 8 atom stereocenters. The van der Waals surface area contributed by atoms with Gasteiger partial charge >= 0.3 is 0 Å². The van der Waals surface area contributed by atoms with Crippen molar-refractivity contribution in [3.8, 4) is 0 Å². The lowest BCUT2D eigenvalue weighted by atomic mass is 9.61. The van der Waals surface area contributed by atoms with Crippen LogP contribution in [0.4, 0.5) is 0 Å². The summed E-state index contributed by atoms with van der Waals surface area (Å²) in [5.74, 6) is 2.23. The van der Waals surface area contributed by atoms with Crippen LogP contribution in [0.5, 0.6) is 0 Å². The molecule has 0 unspecified atom stereocenters. The highest BCUT2D eigenvalue weighted by molar-refractivity contribution is 5.87. The van der Waals surface area contributed by atoms with Crippen LogP contribution in [-0.4, -0.2) is 46.1 Å². The van der Waals surface area contributed by atoms with E-state index in [0.29, 0.717) is 37.2 Å². The van der Waals surface area contributed by atoms with Crippen LogP contribution in [0.1, 0.15) is 83.2 Å². The lowest BCUT2D eigenvalue weighted by molar-refractivity contribution is 0.0862. The summed E-state index contributed by atoms with van der Waals surface area (Å²) in [5, 5.41) is 31.7. The van der Waals surface area contributed by atoms with E-state index in [9.17, 15) is 15.3 Å². The zero-order valence-electron chi connectivity index (χ0n) is 24.7. The summed E-state index contributed by atoms with van der Waals surface area (Å²) < 4.78 is 6.07. The third-order valence-corrected chi connectivity index (χ3v) is 11.1. The molecular formula is C36H47NO4. The van der Waals surface area contributed by atoms with E-state index in [2.05, 4.69) is 50.8 Å². The quantitative estimate of drug-likeness (QED) is 0.329. The molecular weight excluding hydrogens is 510 g/mol. The van der Waals surface area contributed by atoms with Crippen molar-refractivity contribution >= 4 is 5.90 Å². The molecule has 5 nitrogen and oxygen atoms in total. The van der Waals surface area contributed by atoms with Gasteiger partial charge in [0, 0.05) is 6.42 Å². The van der Waals surface area contributed by atoms with Gasteiger partial charge in [0.1, 0.15) is 12.6 Å². The summed E-state index contributed by atoms with van der Waals surface area (Å²) in [6.07, 6.45) is 15.7. The van der Waals surface area contributed by atoms with Crippen LogP contribution in [-0.2, 0) is 4.74 Å². The first-order valence-corrected chi connectivity index (χ1v) is 15.8. The number of benzene rings is 1. The highest BCUT2D eigenvalue weighted by Crippen LogP contribution is 2.60. The van der Waals surface area contributed by atoms with Gasteiger partial charge in [-0.1, -0.05) is 80.6 Å². The minimum absolute atomic E-state index is 0.0182. The van der Waals surface area contributed by atoms with Gasteiger partial charge < -0.3 is 20.1 Å². The molecule has 1 heterocycles. The van der Waals surface area contributed by atoms with Gasteiger partial charge in [0.2, 0.25) is 0 Å². The molecule has 1 aromatic carbocycles. The number of hydrogen-bond donors (Lipinski definition) is 3. The van der Waals surface area contributed by atoms with Gasteiger partial charge in [-0.25, -0.2) is 4.99 Å². The van der Waals surface area contributed by atoms with Crippen molar-refractivity contribution in [3.05, 3.63) is 83.5 Å². The number of aliphatic imine (C=N–C) groups is 1. The van der Waals surface area contributed by atoms with Crippen molar-refractivity contribution < 1.29 is 20.1 Å². The molecule has 5 heteroatoms. The molecule has 1 aliphatic heterocycles. The Kier molecular flexibility index (Phi) is 7.90. The summed E-state index contributed by atoms with van der Waals surface area (Å²) in [5.41, 5.74) is 4.28. The maximum atomic E-state index is 11.3. The van der Waals surface area contributed by atoms with E-state index in [0.717, 1.165) is 41.9 Å². The van der Waals surface area contributed by atoms with Crippen molar-refractivity contribution in [1.29, 1.82) is 0 Å². The molecule has 0 spiro atoms. The highest BCUT2D eigenvalue weighted by Gasteiger charge is 2.56. The molecule has 0 saturated heterocycles. The average molecular weight is 558 g/mol. The van der Waals surface area contributed by atoms with Crippen molar-refractivity contribution in [2.24, 2.45) is 33.6 Å². The molecule has 4 fully saturated rings. The molecule has 4 saturated carbocycles. The van der Waals surface area contributed by atoms with Gasteiger partial charge in [0.25, 0.3) is 0 Å². The SMILES string of the molecule is C=C1C(=CC=C2CCC[C@]3(C)[C@@H]([C@H](C)C=C[C@@H](O)C4(C5=N[C@H](c6ccccc6)CO5)CC4)CC[C@@H]23)C[C@@H](O)C[C@@H]1O. The lowest BCUT2D eigenvalue weighted by Gasteiger charge is -2.44. The number of aliphatic hydroxyl groups excluding tert-OH is 3. The first-order valence-electron chi connectivity index (χ1n) is 15.8. The second-order valence-electron chi connectivity index (χ2n) is 13.7. The largest absolute Gasteiger partial charge is 0.478 e. The molecule has 220 valence electrons. The van der Waals surface area contributed by atoms with Crippen molar-refractivity contribution in [2.75, 3.05) is 6.61 Å². The van der Waals surface area contributed by atoms with E-state index < -0.39 is 18.3 Å². The summed E-state index contributed by atoms with van der Waals surface area (Å²) in [7, 11) is 0. The Balaban J connectivity index is 1.13. The summed E-state index contributed by atoms with van der Waals surface area (Å²) >= 11 is 0. The van der Waals surface area contributed by atoms with E-state index in [1.54, 1.807) is 0 Å². The first-order chi connectivity index (χ1) is 19.7. The summed E-state index contributed by atoms with van der Waals surface area (Å²) in [6.45, 7) is 9.45. The molecule has 4 aliphatic carbocycles. The van der Waals surface area contributed by atoms with E-state index in [1.165, 1.54) is 31.3 Å². The summed E-state index contributed by atoms with van der Waals surface area (Å²) in [6, 6.07) is 10.3. The number of fused-ring (bicyclic) bond motifs is 1. The molecule has 0 radical (unpaired) electrons. The van der Waals surface area contributed by atoms with Crippen molar-refractivity contribution in [3.63, 3.8) is 0 Å². The number of nitrogens with zero attached hydrogens (tertiary/aromatic N) is 1. The maximum Gasteiger partial charge on any atom is 0.193 e.